The summed E-state index contributed by atoms with van der Waals surface area (Å²) in [5, 5.41) is 14.4. The maximum Gasteiger partial charge on any atom is 0.227 e. The zero-order chi connectivity index (χ0) is 28.2. The van der Waals surface area contributed by atoms with Crippen LogP contribution in [-0.2, 0) is 18.3 Å². The van der Waals surface area contributed by atoms with Crippen molar-refractivity contribution in [1.29, 1.82) is 0 Å². The number of aryl methyl sites for hydroxylation is 1. The lowest BCUT2D eigenvalue weighted by Crippen LogP contribution is -2.49. The van der Waals surface area contributed by atoms with Gasteiger partial charge in [0.2, 0.25) is 5.91 Å². The van der Waals surface area contributed by atoms with Crippen LogP contribution >= 0.6 is 0 Å². The first-order valence-corrected chi connectivity index (χ1v) is 13.6. The summed E-state index contributed by atoms with van der Waals surface area (Å²) in [6.07, 6.45) is 9.40. The smallest absolute Gasteiger partial charge is 0.227 e. The number of aromatic nitrogens is 5. The number of hydrogen-bond acceptors (Lipinski definition) is 8. The van der Waals surface area contributed by atoms with E-state index in [0.29, 0.717) is 31.9 Å². The Labute approximate surface area is 237 Å². The average molecular weight is 550 g/mol. The van der Waals surface area contributed by atoms with E-state index < -0.39 is 0 Å². The van der Waals surface area contributed by atoms with E-state index >= 15 is 0 Å². The molecule has 1 fully saturated rings. The summed E-state index contributed by atoms with van der Waals surface area (Å²) >= 11 is 0. The molecule has 0 bridgehead atoms. The minimum atomic E-state index is -0.0674. The van der Waals surface area contributed by atoms with Crippen LogP contribution in [0.1, 0.15) is 5.56 Å². The zero-order valence-corrected chi connectivity index (χ0v) is 22.8. The molecule has 0 radical (unpaired) electrons. The Morgan fingerprint density at radius 1 is 0.951 bits per heavy atom. The van der Waals surface area contributed by atoms with Crippen LogP contribution in [0.3, 0.4) is 0 Å². The molecule has 41 heavy (non-hydrogen) atoms. The second-order valence-electron chi connectivity index (χ2n) is 10.0. The fraction of sp³-hybridized carbons (Fsp3) is 0.258. The van der Waals surface area contributed by atoms with Crippen LogP contribution in [0, 0.1) is 0 Å². The highest BCUT2D eigenvalue weighted by Crippen LogP contribution is 2.33. The standard InChI is InChI=1S/C31H31N7O3/c1-36-20-25(18-35-36)24-14-26(27-19-32-21-34-28(27)15-24)23-6-7-30(33-17-23)37-8-10-38(11-9-37)31(40)16-22-4-2-3-5-29(22)41-13-12-39/h2-7,14-15,17-21,39H,8-13,16H2,1H3. The van der Waals surface area contributed by atoms with Gasteiger partial charge in [-0.3, -0.25) is 9.48 Å². The van der Waals surface area contributed by atoms with Gasteiger partial charge in [0.25, 0.3) is 0 Å². The van der Waals surface area contributed by atoms with Crippen molar-refractivity contribution < 1.29 is 14.6 Å². The number of carbonyl (C=O) groups is 1. The number of carbonyl (C=O) groups excluding carboxylic acids is 1. The SMILES string of the molecule is Cn1cc(-c2cc(-c3ccc(N4CCN(C(=O)Cc5ccccc5OCCO)CC4)nc3)c3cncnc3c2)cn1. The van der Waals surface area contributed by atoms with Crippen LogP contribution in [-0.4, -0.2) is 80.0 Å². The Bertz CT molecular complexity index is 1660. The van der Waals surface area contributed by atoms with Gasteiger partial charge in [0, 0.05) is 73.9 Å². The summed E-state index contributed by atoms with van der Waals surface area (Å²) in [5.41, 5.74) is 5.74. The minimum absolute atomic E-state index is 0.0654. The quantitative estimate of drug-likeness (QED) is 0.314. The lowest BCUT2D eigenvalue weighted by Gasteiger charge is -2.35. The maximum atomic E-state index is 13.0. The molecule has 10 nitrogen and oxygen atoms in total. The highest BCUT2D eigenvalue weighted by Gasteiger charge is 2.23. The van der Waals surface area contributed by atoms with Gasteiger partial charge in [-0.1, -0.05) is 18.2 Å². The van der Waals surface area contributed by atoms with E-state index in [9.17, 15) is 4.79 Å². The van der Waals surface area contributed by atoms with Crippen LogP contribution in [0.25, 0.3) is 33.2 Å². The summed E-state index contributed by atoms with van der Waals surface area (Å²) in [4.78, 5) is 30.7. The minimum Gasteiger partial charge on any atom is -0.491 e. The highest BCUT2D eigenvalue weighted by molar-refractivity contribution is 5.97. The molecule has 0 aliphatic carbocycles. The molecule has 10 heteroatoms. The van der Waals surface area contributed by atoms with E-state index in [1.54, 1.807) is 11.0 Å². The Balaban J connectivity index is 1.15. The number of amides is 1. The summed E-state index contributed by atoms with van der Waals surface area (Å²) in [6, 6.07) is 15.8. The number of pyridine rings is 1. The number of nitrogens with zero attached hydrogens (tertiary/aromatic N) is 7. The Kier molecular flexibility index (Phi) is 7.55. The normalized spacial score (nSPS) is 13.5. The predicted octanol–water partition coefficient (Wildman–Crippen LogP) is 3.35. The van der Waals surface area contributed by atoms with Crippen molar-refractivity contribution in [2.24, 2.45) is 7.05 Å². The third kappa shape index (κ3) is 5.73. The second kappa shape index (κ2) is 11.7. The molecule has 2 aromatic carbocycles. The Morgan fingerprint density at radius 2 is 1.80 bits per heavy atom. The third-order valence-electron chi connectivity index (χ3n) is 7.34. The monoisotopic (exact) mass is 549 g/mol. The molecule has 3 aromatic heterocycles. The first kappa shape index (κ1) is 26.4. The van der Waals surface area contributed by atoms with Gasteiger partial charge in [0.05, 0.1) is 24.7 Å². The zero-order valence-electron chi connectivity index (χ0n) is 22.8. The van der Waals surface area contributed by atoms with Crippen LogP contribution in [0.2, 0.25) is 0 Å². The summed E-state index contributed by atoms with van der Waals surface area (Å²) in [5.74, 6) is 1.59. The van der Waals surface area contributed by atoms with Crippen molar-refractivity contribution in [1.82, 2.24) is 29.6 Å². The molecule has 1 saturated heterocycles. The third-order valence-corrected chi connectivity index (χ3v) is 7.34. The van der Waals surface area contributed by atoms with Gasteiger partial charge in [0.1, 0.15) is 24.5 Å². The van der Waals surface area contributed by atoms with E-state index in [4.69, 9.17) is 14.8 Å². The molecule has 208 valence electrons. The molecule has 1 amide bonds. The van der Waals surface area contributed by atoms with Crippen LogP contribution in [0.15, 0.2) is 79.6 Å². The lowest BCUT2D eigenvalue weighted by molar-refractivity contribution is -0.130. The van der Waals surface area contributed by atoms with Gasteiger partial charge in [-0.05, 0) is 41.5 Å². The number of rotatable bonds is 8. The average Bonchev–Trinajstić information content (AvgIpc) is 3.46. The van der Waals surface area contributed by atoms with E-state index in [0.717, 1.165) is 44.5 Å². The van der Waals surface area contributed by atoms with Crippen molar-refractivity contribution in [3.8, 4) is 28.0 Å². The van der Waals surface area contributed by atoms with E-state index in [2.05, 4.69) is 38.2 Å². The van der Waals surface area contributed by atoms with Gasteiger partial charge in [-0.2, -0.15) is 5.10 Å². The molecule has 0 unspecified atom stereocenters. The summed E-state index contributed by atoms with van der Waals surface area (Å²) in [7, 11) is 1.90. The van der Waals surface area contributed by atoms with Crippen LogP contribution < -0.4 is 9.64 Å². The van der Waals surface area contributed by atoms with Gasteiger partial charge in [-0.15, -0.1) is 0 Å². The number of ether oxygens (including phenoxy) is 1. The van der Waals surface area contributed by atoms with Crippen molar-refractivity contribution in [3.05, 3.63) is 85.2 Å². The number of benzene rings is 2. The van der Waals surface area contributed by atoms with Crippen LogP contribution in [0.5, 0.6) is 5.75 Å². The molecule has 1 aliphatic heterocycles. The number of piperazine rings is 1. The van der Waals surface area contributed by atoms with Gasteiger partial charge in [-0.25, -0.2) is 15.0 Å². The van der Waals surface area contributed by atoms with E-state index in [1.807, 2.05) is 67.1 Å². The van der Waals surface area contributed by atoms with Crippen molar-refractivity contribution in [2.45, 2.75) is 6.42 Å². The number of aliphatic hydroxyl groups is 1. The molecular formula is C31H31N7O3. The number of hydrogen-bond donors (Lipinski definition) is 1. The number of aliphatic hydroxyl groups excluding tert-OH is 1. The summed E-state index contributed by atoms with van der Waals surface area (Å²) in [6.45, 7) is 2.79. The Hall–Kier alpha value is -4.83. The fourth-order valence-electron chi connectivity index (χ4n) is 5.20. The number of fused-ring (bicyclic) bond motifs is 1. The molecule has 0 spiro atoms. The van der Waals surface area contributed by atoms with E-state index in [-0.39, 0.29) is 25.5 Å². The molecule has 1 aliphatic rings. The predicted molar refractivity (Wildman–Crippen MR) is 156 cm³/mol. The first-order chi connectivity index (χ1) is 20.1. The molecule has 1 N–H and O–H groups in total. The van der Waals surface area contributed by atoms with E-state index in [1.165, 1.54) is 0 Å². The van der Waals surface area contributed by atoms with Gasteiger partial charge >= 0.3 is 0 Å². The largest absolute Gasteiger partial charge is 0.491 e. The molecular weight excluding hydrogens is 518 g/mol. The number of para-hydroxylation sites is 1. The number of anilines is 1. The molecule has 4 heterocycles. The molecule has 6 rings (SSSR count). The van der Waals surface area contributed by atoms with Crippen LogP contribution in [0.4, 0.5) is 5.82 Å². The van der Waals surface area contributed by atoms with Gasteiger partial charge in [0.15, 0.2) is 0 Å². The topological polar surface area (TPSA) is 110 Å². The maximum absolute atomic E-state index is 13.0. The first-order valence-electron chi connectivity index (χ1n) is 13.6. The molecule has 5 aromatic rings. The summed E-state index contributed by atoms with van der Waals surface area (Å²) < 4.78 is 7.38. The second-order valence-corrected chi connectivity index (χ2v) is 10.0. The molecule has 0 saturated carbocycles. The molecule has 0 atom stereocenters. The van der Waals surface area contributed by atoms with Crippen molar-refractivity contribution >= 4 is 22.6 Å². The Morgan fingerprint density at radius 3 is 2.56 bits per heavy atom. The van der Waals surface area contributed by atoms with Gasteiger partial charge < -0.3 is 19.6 Å². The fourth-order valence-corrected chi connectivity index (χ4v) is 5.20. The highest BCUT2D eigenvalue weighted by atomic mass is 16.5. The van der Waals surface area contributed by atoms with Crippen molar-refractivity contribution in [3.63, 3.8) is 0 Å². The van der Waals surface area contributed by atoms with Crippen molar-refractivity contribution in [2.75, 3.05) is 44.3 Å². The lowest BCUT2D eigenvalue weighted by atomic mass is 9.97.